The number of hydrogen-bond donors (Lipinski definition) is 2. The highest BCUT2D eigenvalue weighted by molar-refractivity contribution is 7.80. The zero-order chi connectivity index (χ0) is 11.4. The minimum atomic E-state index is -0.365. The van der Waals surface area contributed by atoms with Crippen LogP contribution in [0.25, 0.3) is 0 Å². The number of rotatable bonds is 1. The highest BCUT2D eigenvalue weighted by Crippen LogP contribution is 2.20. The van der Waals surface area contributed by atoms with Crippen LogP contribution in [-0.4, -0.2) is 18.1 Å². The van der Waals surface area contributed by atoms with Crippen LogP contribution in [0.3, 0.4) is 0 Å². The van der Waals surface area contributed by atoms with E-state index in [-0.39, 0.29) is 11.0 Å². The van der Waals surface area contributed by atoms with Crippen LogP contribution in [0.4, 0.5) is 0 Å². The fourth-order valence-electron chi connectivity index (χ4n) is 0.907. The molecule has 1 aromatic carbocycles. The Kier molecular flexibility index (Phi) is 4.32. The Balaban J connectivity index is 2.87. The minimum Gasteiger partial charge on any atom is -0.365 e. The zero-order valence-electron chi connectivity index (χ0n) is 7.80. The lowest BCUT2D eigenvalue weighted by molar-refractivity contribution is 0.0977. The zero-order valence-corrected chi connectivity index (χ0v) is 10.1. The summed E-state index contributed by atoms with van der Waals surface area (Å²) in [6.45, 7) is 0. The van der Waals surface area contributed by atoms with E-state index in [4.69, 9.17) is 35.4 Å². The summed E-state index contributed by atoms with van der Waals surface area (Å²) >= 11 is 16.3. The Morgan fingerprint density at radius 3 is 2.60 bits per heavy atom. The molecule has 3 nitrogen and oxygen atoms in total. The van der Waals surface area contributed by atoms with Crippen molar-refractivity contribution in [2.45, 2.75) is 0 Å². The van der Waals surface area contributed by atoms with Gasteiger partial charge in [-0.15, -0.1) is 0 Å². The highest BCUT2D eigenvalue weighted by Gasteiger charge is 2.11. The van der Waals surface area contributed by atoms with Crippen molar-refractivity contribution < 1.29 is 4.79 Å². The maximum atomic E-state index is 11.6. The molecule has 1 rings (SSSR count). The van der Waals surface area contributed by atoms with E-state index >= 15 is 0 Å². The third kappa shape index (κ3) is 3.34. The van der Waals surface area contributed by atoms with Crippen molar-refractivity contribution in [1.82, 2.24) is 10.6 Å². The molecule has 0 saturated carbocycles. The number of nitrogens with one attached hydrogen (secondary N) is 2. The molecule has 0 aliphatic rings. The van der Waals surface area contributed by atoms with Gasteiger partial charge in [0.25, 0.3) is 5.91 Å². The van der Waals surface area contributed by atoms with Crippen LogP contribution in [-0.2, 0) is 0 Å². The van der Waals surface area contributed by atoms with Crippen molar-refractivity contribution >= 4 is 46.4 Å². The van der Waals surface area contributed by atoms with Gasteiger partial charge >= 0.3 is 0 Å². The van der Waals surface area contributed by atoms with Crippen molar-refractivity contribution in [2.24, 2.45) is 0 Å². The largest absolute Gasteiger partial charge is 0.365 e. The first kappa shape index (κ1) is 12.2. The van der Waals surface area contributed by atoms with E-state index in [9.17, 15) is 4.79 Å². The fourth-order valence-corrected chi connectivity index (χ4v) is 1.49. The monoisotopic (exact) mass is 262 g/mol. The van der Waals surface area contributed by atoms with Gasteiger partial charge < -0.3 is 5.32 Å². The molecule has 0 bridgehead atoms. The van der Waals surface area contributed by atoms with E-state index in [2.05, 4.69) is 10.6 Å². The maximum absolute atomic E-state index is 11.6. The van der Waals surface area contributed by atoms with Crippen molar-refractivity contribution in [3.8, 4) is 0 Å². The van der Waals surface area contributed by atoms with Crippen LogP contribution in [0, 0.1) is 0 Å². The lowest BCUT2D eigenvalue weighted by Gasteiger charge is -2.07. The van der Waals surface area contributed by atoms with E-state index in [0.717, 1.165) is 0 Å². The Bertz CT molecular complexity index is 409. The Labute approximate surface area is 103 Å². The van der Waals surface area contributed by atoms with Crippen molar-refractivity contribution in [2.75, 3.05) is 7.05 Å². The van der Waals surface area contributed by atoms with Crippen molar-refractivity contribution in [3.05, 3.63) is 33.8 Å². The smallest absolute Gasteiger partial charge is 0.258 e. The van der Waals surface area contributed by atoms with Crippen LogP contribution in [0.5, 0.6) is 0 Å². The van der Waals surface area contributed by atoms with Gasteiger partial charge in [-0.2, -0.15) is 0 Å². The number of carbonyl (C=O) groups is 1. The van der Waals surface area contributed by atoms with Gasteiger partial charge in [-0.05, 0) is 30.4 Å². The molecule has 0 unspecified atom stereocenters. The molecule has 0 saturated heterocycles. The summed E-state index contributed by atoms with van der Waals surface area (Å²) < 4.78 is 0. The average molecular weight is 263 g/mol. The maximum Gasteiger partial charge on any atom is 0.258 e. The standard InChI is InChI=1S/C9H8Cl2N2OS/c1-12-9(15)13-8(14)6-3-2-5(10)4-7(6)11/h2-4H,1H3,(H2,12,13,14,15). The first-order valence-electron chi connectivity index (χ1n) is 4.02. The second-order valence-electron chi connectivity index (χ2n) is 2.66. The molecular formula is C9H8Cl2N2OS. The molecule has 6 heteroatoms. The van der Waals surface area contributed by atoms with Crippen LogP contribution >= 0.6 is 35.4 Å². The first-order chi connectivity index (χ1) is 7.04. The molecule has 0 aromatic heterocycles. The molecule has 1 aromatic rings. The molecule has 80 valence electrons. The lowest BCUT2D eigenvalue weighted by atomic mass is 10.2. The minimum absolute atomic E-state index is 0.242. The van der Waals surface area contributed by atoms with E-state index in [0.29, 0.717) is 15.6 Å². The summed E-state index contributed by atoms with van der Waals surface area (Å²) in [4.78, 5) is 11.6. The fraction of sp³-hybridized carbons (Fsp3) is 0.111. The summed E-state index contributed by atoms with van der Waals surface area (Å²) in [5.74, 6) is -0.365. The second kappa shape index (κ2) is 5.30. The molecule has 0 aliphatic carbocycles. The number of benzene rings is 1. The van der Waals surface area contributed by atoms with Crippen molar-refractivity contribution in [1.29, 1.82) is 0 Å². The molecule has 0 aliphatic heterocycles. The number of hydrogen-bond acceptors (Lipinski definition) is 2. The van der Waals surface area contributed by atoms with Gasteiger partial charge in [-0.1, -0.05) is 23.2 Å². The number of thiocarbonyl (C=S) groups is 1. The number of halogens is 2. The van der Waals surface area contributed by atoms with E-state index < -0.39 is 0 Å². The lowest BCUT2D eigenvalue weighted by Crippen LogP contribution is -2.37. The average Bonchev–Trinajstić information content (AvgIpc) is 2.17. The molecule has 0 radical (unpaired) electrons. The molecular weight excluding hydrogens is 255 g/mol. The number of carbonyl (C=O) groups excluding carboxylic acids is 1. The predicted molar refractivity (Wildman–Crippen MR) is 65.6 cm³/mol. The van der Waals surface area contributed by atoms with Gasteiger partial charge in [0.05, 0.1) is 10.6 Å². The molecule has 0 fully saturated rings. The summed E-state index contributed by atoms with van der Waals surface area (Å²) in [7, 11) is 1.62. The third-order valence-corrected chi connectivity index (χ3v) is 2.48. The molecule has 15 heavy (non-hydrogen) atoms. The summed E-state index contributed by atoms with van der Waals surface area (Å²) in [5.41, 5.74) is 0.332. The van der Waals surface area contributed by atoms with Gasteiger partial charge in [0.1, 0.15) is 0 Å². The van der Waals surface area contributed by atoms with Crippen molar-refractivity contribution in [3.63, 3.8) is 0 Å². The van der Waals surface area contributed by atoms with Crippen LogP contribution in [0.15, 0.2) is 18.2 Å². The molecule has 0 atom stereocenters. The molecule has 0 spiro atoms. The summed E-state index contributed by atoms with van der Waals surface area (Å²) in [5, 5.41) is 6.10. The van der Waals surface area contributed by atoms with E-state index in [1.165, 1.54) is 12.1 Å². The molecule has 0 heterocycles. The summed E-state index contributed by atoms with van der Waals surface area (Å²) in [6.07, 6.45) is 0. The van der Waals surface area contributed by atoms with Gasteiger partial charge in [0, 0.05) is 12.1 Å². The third-order valence-electron chi connectivity index (χ3n) is 1.63. The van der Waals surface area contributed by atoms with Crippen LogP contribution in [0.2, 0.25) is 10.0 Å². The Hall–Kier alpha value is -0.840. The van der Waals surface area contributed by atoms with E-state index in [1.54, 1.807) is 13.1 Å². The van der Waals surface area contributed by atoms with E-state index in [1.807, 2.05) is 0 Å². The van der Waals surface area contributed by atoms with Gasteiger partial charge in [-0.3, -0.25) is 10.1 Å². The first-order valence-corrected chi connectivity index (χ1v) is 5.19. The van der Waals surface area contributed by atoms with Gasteiger partial charge in [0.15, 0.2) is 5.11 Å². The van der Waals surface area contributed by atoms with Crippen LogP contribution < -0.4 is 10.6 Å². The Morgan fingerprint density at radius 2 is 2.07 bits per heavy atom. The normalized spacial score (nSPS) is 9.53. The highest BCUT2D eigenvalue weighted by atomic mass is 35.5. The Morgan fingerprint density at radius 1 is 1.40 bits per heavy atom. The summed E-state index contributed by atoms with van der Waals surface area (Å²) in [6, 6.07) is 4.63. The molecule has 1 amide bonds. The molecule has 2 N–H and O–H groups in total. The number of amides is 1. The van der Waals surface area contributed by atoms with Gasteiger partial charge in [-0.25, -0.2) is 0 Å². The predicted octanol–water partition coefficient (Wildman–Crippen LogP) is 2.23. The second-order valence-corrected chi connectivity index (χ2v) is 3.91. The topological polar surface area (TPSA) is 41.1 Å². The SMILES string of the molecule is CNC(=S)NC(=O)c1ccc(Cl)cc1Cl. The van der Waals surface area contributed by atoms with Gasteiger partial charge in [0.2, 0.25) is 0 Å². The quantitative estimate of drug-likeness (QED) is 0.763. The van der Waals surface area contributed by atoms with Crippen LogP contribution in [0.1, 0.15) is 10.4 Å².